The fraction of sp³-hybridized carbons (Fsp3) is 0.214. The van der Waals surface area contributed by atoms with Crippen LogP contribution in [0.5, 0.6) is 0 Å². The van der Waals surface area contributed by atoms with E-state index in [9.17, 15) is 9.90 Å². The number of fused-ring (bicyclic) bond motifs is 1. The zero-order chi connectivity index (χ0) is 23.5. The van der Waals surface area contributed by atoms with E-state index in [4.69, 9.17) is 16.0 Å². The van der Waals surface area contributed by atoms with Crippen LogP contribution in [0.3, 0.4) is 0 Å². The van der Waals surface area contributed by atoms with Gasteiger partial charge < -0.3 is 9.52 Å². The van der Waals surface area contributed by atoms with Crippen molar-refractivity contribution in [1.29, 1.82) is 0 Å². The van der Waals surface area contributed by atoms with Gasteiger partial charge in [0.25, 0.3) is 0 Å². The highest BCUT2D eigenvalue weighted by atomic mass is 35.5. The summed E-state index contributed by atoms with van der Waals surface area (Å²) in [4.78, 5) is 19.3. The zero-order valence-electron chi connectivity index (χ0n) is 18.5. The number of rotatable bonds is 4. The first kappa shape index (κ1) is 22.4. The van der Waals surface area contributed by atoms with E-state index < -0.39 is 0 Å². The molecule has 0 radical (unpaired) electrons. The van der Waals surface area contributed by atoms with Crippen LogP contribution in [0.1, 0.15) is 29.9 Å². The zero-order valence-corrected chi connectivity index (χ0v) is 19.3. The van der Waals surface area contributed by atoms with E-state index in [2.05, 4.69) is 21.7 Å². The molecule has 2 aromatic heterocycles. The Morgan fingerprint density at radius 3 is 2.65 bits per heavy atom. The van der Waals surface area contributed by atoms with Gasteiger partial charge >= 0.3 is 0 Å². The highest BCUT2D eigenvalue weighted by Gasteiger charge is 2.24. The summed E-state index contributed by atoms with van der Waals surface area (Å²) in [6, 6.07) is 18.5. The van der Waals surface area contributed by atoms with Gasteiger partial charge in [-0.1, -0.05) is 35.7 Å². The van der Waals surface area contributed by atoms with E-state index in [-0.39, 0.29) is 18.1 Å². The van der Waals surface area contributed by atoms with Crippen molar-refractivity contribution >= 4 is 22.6 Å². The quantitative estimate of drug-likeness (QED) is 0.431. The van der Waals surface area contributed by atoms with Crippen LogP contribution in [-0.4, -0.2) is 34.2 Å². The molecule has 0 amide bonds. The lowest BCUT2D eigenvalue weighted by Gasteiger charge is -2.21. The number of aliphatic hydroxyl groups is 1. The molecule has 34 heavy (non-hydrogen) atoms. The molecule has 0 saturated carbocycles. The molecule has 5 rings (SSSR count). The summed E-state index contributed by atoms with van der Waals surface area (Å²) in [5.74, 6) is 6.76. The van der Waals surface area contributed by atoms with E-state index >= 15 is 0 Å². The molecule has 0 spiro atoms. The fourth-order valence-corrected chi connectivity index (χ4v) is 4.42. The Morgan fingerprint density at radius 2 is 1.88 bits per heavy atom. The number of halogens is 1. The van der Waals surface area contributed by atoms with Crippen LogP contribution in [0.25, 0.3) is 22.1 Å². The number of nitrogens with zero attached hydrogens (tertiary/aromatic N) is 2. The van der Waals surface area contributed by atoms with Gasteiger partial charge in [0.2, 0.25) is 0 Å². The monoisotopic (exact) mass is 470 g/mol. The van der Waals surface area contributed by atoms with E-state index in [0.29, 0.717) is 34.0 Å². The molecule has 3 heterocycles. The second-order valence-corrected chi connectivity index (χ2v) is 8.86. The third-order valence-electron chi connectivity index (χ3n) is 6.12. The Kier molecular flexibility index (Phi) is 6.46. The predicted molar refractivity (Wildman–Crippen MR) is 134 cm³/mol. The average Bonchev–Trinajstić information content (AvgIpc) is 3.31. The first-order chi connectivity index (χ1) is 16.6. The lowest BCUT2D eigenvalue weighted by atomic mass is 10.1. The molecule has 4 aromatic rings. The lowest BCUT2D eigenvalue weighted by molar-refractivity contribution is 0.146. The number of hydrogen-bond acceptors (Lipinski definition) is 5. The molecule has 0 bridgehead atoms. The molecule has 1 aliphatic heterocycles. The van der Waals surface area contributed by atoms with Crippen LogP contribution in [0, 0.1) is 11.8 Å². The van der Waals surface area contributed by atoms with Crippen molar-refractivity contribution in [2.45, 2.75) is 25.4 Å². The summed E-state index contributed by atoms with van der Waals surface area (Å²) < 4.78 is 5.99. The molecule has 1 saturated heterocycles. The number of likely N-dealkylation sites (tertiary alicyclic amines) is 1. The maximum atomic E-state index is 12.7. The van der Waals surface area contributed by atoms with Crippen LogP contribution in [0.15, 0.2) is 76.1 Å². The van der Waals surface area contributed by atoms with Gasteiger partial charge in [-0.25, -0.2) is 4.98 Å². The van der Waals surface area contributed by atoms with Crippen molar-refractivity contribution < 1.29 is 9.52 Å². The summed E-state index contributed by atoms with van der Waals surface area (Å²) in [5, 5.41) is 10.7. The average molecular weight is 471 g/mol. The van der Waals surface area contributed by atoms with Crippen molar-refractivity contribution in [2.75, 3.05) is 13.2 Å². The minimum atomic E-state index is -0.0925. The van der Waals surface area contributed by atoms with Gasteiger partial charge in [0.05, 0.1) is 18.5 Å². The van der Waals surface area contributed by atoms with Crippen molar-refractivity contribution in [1.82, 2.24) is 9.88 Å². The molecular weight excluding hydrogens is 448 g/mol. The number of aromatic nitrogens is 1. The van der Waals surface area contributed by atoms with Gasteiger partial charge in [-0.05, 0) is 67.3 Å². The Balaban J connectivity index is 1.34. The largest absolute Gasteiger partial charge is 0.459 e. The van der Waals surface area contributed by atoms with Crippen LogP contribution in [0.4, 0.5) is 0 Å². The molecule has 170 valence electrons. The number of hydrogen-bond donors (Lipinski definition) is 1. The maximum absolute atomic E-state index is 12.7. The van der Waals surface area contributed by atoms with Gasteiger partial charge in [0, 0.05) is 34.5 Å². The smallest absolute Gasteiger partial charge is 0.193 e. The SMILES string of the molecule is O=c1cc(CN2CCC[C@H]2CO)oc2ccc(C#Cc3ccc(-c4ccc(Cl)cc4)cn3)cc12. The molecule has 1 atom stereocenters. The molecule has 6 heteroatoms. The molecule has 1 aliphatic rings. The molecule has 1 N–H and O–H groups in total. The third kappa shape index (κ3) is 4.90. The molecular formula is C28H23ClN2O3. The van der Waals surface area contributed by atoms with Gasteiger partial charge in [-0.2, -0.15) is 0 Å². The van der Waals surface area contributed by atoms with Crippen LogP contribution >= 0.6 is 11.6 Å². The van der Waals surface area contributed by atoms with Gasteiger partial charge in [0.15, 0.2) is 5.43 Å². The van der Waals surface area contributed by atoms with Crippen LogP contribution in [0.2, 0.25) is 5.02 Å². The summed E-state index contributed by atoms with van der Waals surface area (Å²) in [6.45, 7) is 1.55. The summed E-state index contributed by atoms with van der Waals surface area (Å²) in [6.07, 6.45) is 3.80. The Morgan fingerprint density at radius 1 is 1.06 bits per heavy atom. The first-order valence-electron chi connectivity index (χ1n) is 11.2. The maximum Gasteiger partial charge on any atom is 0.193 e. The highest BCUT2D eigenvalue weighted by molar-refractivity contribution is 6.30. The van der Waals surface area contributed by atoms with E-state index in [1.54, 1.807) is 24.4 Å². The number of benzene rings is 2. The molecule has 1 fully saturated rings. The van der Waals surface area contributed by atoms with E-state index in [1.165, 1.54) is 0 Å². The van der Waals surface area contributed by atoms with Gasteiger partial charge in [0.1, 0.15) is 17.0 Å². The van der Waals surface area contributed by atoms with Gasteiger partial charge in [-0.3, -0.25) is 9.69 Å². The third-order valence-corrected chi connectivity index (χ3v) is 6.37. The number of pyridine rings is 1. The summed E-state index contributed by atoms with van der Waals surface area (Å²) in [5.41, 5.74) is 3.83. The summed E-state index contributed by atoms with van der Waals surface area (Å²) >= 11 is 5.95. The molecule has 0 unspecified atom stereocenters. The van der Waals surface area contributed by atoms with E-state index in [1.807, 2.05) is 42.5 Å². The Labute approximate surface area is 202 Å². The second-order valence-electron chi connectivity index (χ2n) is 8.43. The molecule has 5 nitrogen and oxygen atoms in total. The van der Waals surface area contributed by atoms with Crippen molar-refractivity contribution in [3.63, 3.8) is 0 Å². The Hall–Kier alpha value is -3.43. The normalized spacial score (nSPS) is 15.9. The lowest BCUT2D eigenvalue weighted by Crippen LogP contribution is -2.31. The fourth-order valence-electron chi connectivity index (χ4n) is 4.29. The molecule has 0 aliphatic carbocycles. The second kappa shape index (κ2) is 9.82. The first-order valence-corrected chi connectivity index (χ1v) is 11.6. The van der Waals surface area contributed by atoms with Crippen molar-refractivity contribution in [3.05, 3.63) is 99.1 Å². The highest BCUT2D eigenvalue weighted by Crippen LogP contribution is 2.22. The van der Waals surface area contributed by atoms with Crippen molar-refractivity contribution in [3.8, 4) is 23.0 Å². The number of aliphatic hydroxyl groups excluding tert-OH is 1. The summed E-state index contributed by atoms with van der Waals surface area (Å²) in [7, 11) is 0. The minimum Gasteiger partial charge on any atom is -0.459 e. The Bertz CT molecular complexity index is 1430. The predicted octanol–water partition coefficient (Wildman–Crippen LogP) is 4.86. The van der Waals surface area contributed by atoms with E-state index in [0.717, 1.165) is 36.1 Å². The standard InChI is InChI=1S/C28H23ClN2O3/c29-22-8-5-20(6-9-22)21-7-11-23(30-16-21)10-3-19-4-12-28-26(14-19)27(33)15-25(34-28)17-31-13-1-2-24(31)18-32/h4-9,11-12,14-16,24,32H,1-2,13,17-18H2/t24-/m0/s1. The van der Waals surface area contributed by atoms with Crippen LogP contribution in [-0.2, 0) is 6.54 Å². The molecule has 2 aromatic carbocycles. The van der Waals surface area contributed by atoms with Crippen LogP contribution < -0.4 is 5.43 Å². The topological polar surface area (TPSA) is 66.6 Å². The minimum absolute atomic E-state index is 0.0925. The van der Waals surface area contributed by atoms with Gasteiger partial charge in [-0.15, -0.1) is 0 Å². The van der Waals surface area contributed by atoms with Crippen molar-refractivity contribution in [2.24, 2.45) is 0 Å².